The monoisotopic (exact) mass is 154 g/mol. The number of ketones is 1. The van der Waals surface area contributed by atoms with Gasteiger partial charge in [-0.25, -0.2) is 4.79 Å². The minimum absolute atomic E-state index is 0.0374. The van der Waals surface area contributed by atoms with E-state index < -0.39 is 11.2 Å². The van der Waals surface area contributed by atoms with E-state index in [1.54, 1.807) is 0 Å². The van der Waals surface area contributed by atoms with Crippen molar-refractivity contribution in [3.63, 3.8) is 0 Å². The summed E-state index contributed by atoms with van der Waals surface area (Å²) in [5.74, 6) is -0.373. The van der Waals surface area contributed by atoms with Crippen LogP contribution in [0.1, 0.15) is 17.3 Å². The summed E-state index contributed by atoms with van der Waals surface area (Å²) in [7, 11) is 0. The Labute approximate surface area is 61.1 Å². The molecule has 0 radical (unpaired) electrons. The highest BCUT2D eigenvalue weighted by Gasteiger charge is 2.03. The predicted molar refractivity (Wildman–Crippen MR) is 37.7 cm³/mol. The third kappa shape index (κ3) is 1.43. The Hall–Kier alpha value is -1.65. The molecule has 0 fully saturated rings. The van der Waals surface area contributed by atoms with Crippen LogP contribution in [0.5, 0.6) is 0 Å². The number of carbonyl (C=O) groups excluding carboxylic acids is 1. The lowest BCUT2D eigenvalue weighted by atomic mass is 10.2. The van der Waals surface area contributed by atoms with Gasteiger partial charge in [0.25, 0.3) is 5.56 Å². The molecule has 0 unspecified atom stereocenters. The minimum Gasteiger partial charge on any atom is -0.313 e. The van der Waals surface area contributed by atoms with Crippen molar-refractivity contribution in [1.82, 2.24) is 9.97 Å². The van der Waals surface area contributed by atoms with E-state index in [1.807, 2.05) is 4.98 Å². The maximum atomic E-state index is 10.8. The van der Waals surface area contributed by atoms with Crippen LogP contribution in [0, 0.1) is 0 Å². The van der Waals surface area contributed by atoms with Gasteiger partial charge < -0.3 is 4.98 Å². The highest BCUT2D eigenvalue weighted by Crippen LogP contribution is 1.83. The fraction of sp³-hybridized carbons (Fsp3) is 0.167. The first-order chi connectivity index (χ1) is 5.11. The molecule has 0 bridgehead atoms. The lowest BCUT2D eigenvalue weighted by Gasteiger charge is -1.89. The van der Waals surface area contributed by atoms with E-state index in [2.05, 4.69) is 4.98 Å². The molecule has 0 spiro atoms. The molecular weight excluding hydrogens is 148 g/mol. The zero-order valence-corrected chi connectivity index (χ0v) is 5.80. The molecule has 2 N–H and O–H groups in total. The van der Waals surface area contributed by atoms with Crippen LogP contribution in [0.4, 0.5) is 0 Å². The van der Waals surface area contributed by atoms with Gasteiger partial charge in [0.05, 0.1) is 5.56 Å². The van der Waals surface area contributed by atoms with Crippen molar-refractivity contribution in [3.8, 4) is 0 Å². The number of aromatic amines is 2. The van der Waals surface area contributed by atoms with Gasteiger partial charge in [-0.2, -0.15) is 0 Å². The number of H-pyrrole nitrogens is 2. The maximum Gasteiger partial charge on any atom is 0.325 e. The van der Waals surface area contributed by atoms with Gasteiger partial charge in [-0.05, 0) is 6.92 Å². The van der Waals surface area contributed by atoms with Gasteiger partial charge in [-0.1, -0.05) is 0 Å². The van der Waals surface area contributed by atoms with Crippen molar-refractivity contribution < 1.29 is 4.79 Å². The second-order valence-corrected chi connectivity index (χ2v) is 2.04. The van der Waals surface area contributed by atoms with Crippen molar-refractivity contribution >= 4 is 5.78 Å². The molecule has 5 heteroatoms. The number of aromatic nitrogens is 2. The van der Waals surface area contributed by atoms with Crippen LogP contribution in [0.3, 0.4) is 0 Å². The molecule has 0 saturated heterocycles. The summed E-state index contributed by atoms with van der Waals surface area (Å²) in [6.07, 6.45) is 1.10. The molecule has 5 nitrogen and oxygen atoms in total. The van der Waals surface area contributed by atoms with Crippen LogP contribution in [0.2, 0.25) is 0 Å². The average molecular weight is 154 g/mol. The van der Waals surface area contributed by atoms with Crippen LogP contribution in [0.25, 0.3) is 0 Å². The van der Waals surface area contributed by atoms with E-state index in [1.165, 1.54) is 6.92 Å². The summed E-state index contributed by atoms with van der Waals surface area (Å²) >= 11 is 0. The van der Waals surface area contributed by atoms with Crippen LogP contribution >= 0.6 is 0 Å². The number of nitrogens with one attached hydrogen (secondary N) is 2. The van der Waals surface area contributed by atoms with E-state index in [4.69, 9.17) is 0 Å². The van der Waals surface area contributed by atoms with Crippen LogP contribution < -0.4 is 11.2 Å². The Morgan fingerprint density at radius 3 is 2.55 bits per heavy atom. The summed E-state index contributed by atoms with van der Waals surface area (Å²) in [5, 5.41) is 0. The largest absolute Gasteiger partial charge is 0.325 e. The minimum atomic E-state index is -0.652. The molecule has 1 heterocycles. The van der Waals surface area contributed by atoms with Crippen LogP contribution in [0.15, 0.2) is 15.8 Å². The number of hydrogen-bond acceptors (Lipinski definition) is 3. The van der Waals surface area contributed by atoms with Gasteiger partial charge in [0.15, 0.2) is 5.78 Å². The van der Waals surface area contributed by atoms with Crippen molar-refractivity contribution in [1.29, 1.82) is 0 Å². The Morgan fingerprint density at radius 1 is 1.45 bits per heavy atom. The molecular formula is C6H6N2O3. The molecule has 0 aliphatic carbocycles. The van der Waals surface area contributed by atoms with Crippen molar-refractivity contribution in [3.05, 3.63) is 32.6 Å². The predicted octanol–water partition coefficient (Wildman–Crippen LogP) is -0.734. The summed E-state index contributed by atoms with van der Waals surface area (Å²) in [4.78, 5) is 36.0. The van der Waals surface area contributed by atoms with Crippen LogP contribution in [-0.4, -0.2) is 15.8 Å². The number of hydrogen-bond donors (Lipinski definition) is 2. The van der Waals surface area contributed by atoms with Gasteiger partial charge in [0, 0.05) is 6.20 Å². The van der Waals surface area contributed by atoms with E-state index in [-0.39, 0.29) is 11.3 Å². The highest BCUT2D eigenvalue weighted by atomic mass is 16.2. The van der Waals surface area contributed by atoms with Gasteiger partial charge in [-0.3, -0.25) is 14.6 Å². The van der Waals surface area contributed by atoms with E-state index in [9.17, 15) is 14.4 Å². The molecule has 0 aliphatic heterocycles. The Morgan fingerprint density at radius 2 is 2.09 bits per heavy atom. The summed E-state index contributed by atoms with van der Waals surface area (Å²) in [5.41, 5.74) is -1.30. The number of carbonyl (C=O) groups is 1. The Bertz CT molecular complexity index is 387. The first-order valence-corrected chi connectivity index (χ1v) is 2.94. The lowest BCUT2D eigenvalue weighted by molar-refractivity contribution is 0.101. The third-order valence-electron chi connectivity index (χ3n) is 1.20. The fourth-order valence-electron chi connectivity index (χ4n) is 0.671. The second kappa shape index (κ2) is 2.53. The molecule has 0 aromatic carbocycles. The first kappa shape index (κ1) is 7.46. The van der Waals surface area contributed by atoms with Crippen molar-refractivity contribution in [2.24, 2.45) is 0 Å². The molecule has 0 aliphatic rings. The summed E-state index contributed by atoms with van der Waals surface area (Å²) in [6.45, 7) is 1.25. The summed E-state index contributed by atoms with van der Waals surface area (Å²) < 4.78 is 0. The topological polar surface area (TPSA) is 82.8 Å². The molecule has 0 saturated carbocycles. The van der Waals surface area contributed by atoms with Crippen LogP contribution in [-0.2, 0) is 0 Å². The molecule has 58 valence electrons. The Kier molecular flexibility index (Phi) is 1.72. The number of Topliss-reactive ketones (excluding diaryl/α,β-unsaturated/α-hetero) is 1. The van der Waals surface area contributed by atoms with Gasteiger partial charge in [0.2, 0.25) is 0 Å². The van der Waals surface area contributed by atoms with Gasteiger partial charge in [0.1, 0.15) is 0 Å². The van der Waals surface area contributed by atoms with Gasteiger partial charge >= 0.3 is 5.69 Å². The lowest BCUT2D eigenvalue weighted by Crippen LogP contribution is -2.26. The van der Waals surface area contributed by atoms with Gasteiger partial charge in [-0.15, -0.1) is 0 Å². The molecule has 11 heavy (non-hydrogen) atoms. The molecule has 1 aromatic rings. The smallest absolute Gasteiger partial charge is 0.313 e. The van der Waals surface area contributed by atoms with E-state index >= 15 is 0 Å². The zero-order valence-electron chi connectivity index (χ0n) is 5.80. The normalized spacial score (nSPS) is 9.55. The third-order valence-corrected chi connectivity index (χ3v) is 1.20. The second-order valence-electron chi connectivity index (χ2n) is 2.04. The van der Waals surface area contributed by atoms with E-state index in [0.717, 1.165) is 6.20 Å². The Balaban J connectivity index is 3.43. The highest BCUT2D eigenvalue weighted by molar-refractivity contribution is 5.93. The molecule has 0 atom stereocenters. The zero-order chi connectivity index (χ0) is 8.43. The maximum absolute atomic E-state index is 10.8. The first-order valence-electron chi connectivity index (χ1n) is 2.94. The standard InChI is InChI=1S/C6H6N2O3/c1-3(9)4-2-7-6(11)8-5(4)10/h2H,1H3,(H2,7,8,10,11). The number of rotatable bonds is 1. The molecule has 1 aromatic heterocycles. The van der Waals surface area contributed by atoms with Crippen molar-refractivity contribution in [2.45, 2.75) is 6.92 Å². The van der Waals surface area contributed by atoms with E-state index in [0.29, 0.717) is 0 Å². The molecule has 0 amide bonds. The fourth-order valence-corrected chi connectivity index (χ4v) is 0.671. The quantitative estimate of drug-likeness (QED) is 0.523. The SMILES string of the molecule is CC(=O)c1c[nH]c(=O)[nH]c1=O. The molecule has 1 rings (SSSR count). The van der Waals surface area contributed by atoms with Crippen molar-refractivity contribution in [2.75, 3.05) is 0 Å². The average Bonchev–Trinajstić information content (AvgIpc) is 1.85. The summed E-state index contributed by atoms with van der Waals surface area (Å²) in [6, 6.07) is 0.